The number of rotatable bonds is 3. The molecule has 102 valence electrons. The number of carbonyl (C=O) groups excluding carboxylic acids is 2. The summed E-state index contributed by atoms with van der Waals surface area (Å²) < 4.78 is 1.54. The number of amides is 2. The van der Waals surface area contributed by atoms with E-state index in [0.29, 0.717) is 19.3 Å². The lowest BCUT2D eigenvalue weighted by atomic mass is 10.1. The number of nitrogens with one attached hydrogen (secondary N) is 1. The summed E-state index contributed by atoms with van der Waals surface area (Å²) in [5.41, 5.74) is 1.95. The van der Waals surface area contributed by atoms with Crippen molar-refractivity contribution in [3.63, 3.8) is 0 Å². The maximum atomic E-state index is 11.8. The first-order valence-electron chi connectivity index (χ1n) is 6.51. The predicted molar refractivity (Wildman–Crippen MR) is 70.7 cm³/mol. The molecule has 1 unspecified atom stereocenters. The second-order valence-corrected chi connectivity index (χ2v) is 4.82. The quantitative estimate of drug-likeness (QED) is 0.839. The molecule has 1 saturated heterocycles. The third-order valence-electron chi connectivity index (χ3n) is 3.32. The van der Waals surface area contributed by atoms with Gasteiger partial charge in [-0.25, -0.2) is 4.68 Å². The topological polar surface area (TPSA) is 76.9 Å². The largest absolute Gasteiger partial charge is 0.295 e. The molecule has 1 aliphatic rings. The molecule has 1 fully saturated rings. The van der Waals surface area contributed by atoms with E-state index >= 15 is 0 Å². The highest BCUT2D eigenvalue weighted by atomic mass is 16.2. The summed E-state index contributed by atoms with van der Waals surface area (Å²) in [6.07, 6.45) is 3.25. The van der Waals surface area contributed by atoms with Crippen LogP contribution in [0, 0.1) is 0 Å². The predicted octanol–water partition coefficient (Wildman–Crippen LogP) is 0.847. The standard InChI is InChI=1S/C14H14N4O2/c19-13-7-6-12(14(20)15-13)18-9-11(16-17-18)8-10-4-2-1-3-5-10/h1-5,9,12H,6-8H2,(H,15,19,20). The van der Waals surface area contributed by atoms with E-state index in [2.05, 4.69) is 15.6 Å². The molecule has 0 bridgehead atoms. The van der Waals surface area contributed by atoms with Crippen LogP contribution in [0.15, 0.2) is 36.5 Å². The molecule has 0 saturated carbocycles. The van der Waals surface area contributed by atoms with Gasteiger partial charge in [0, 0.05) is 19.0 Å². The third kappa shape index (κ3) is 2.59. The fourth-order valence-electron chi connectivity index (χ4n) is 2.29. The molecular formula is C14H14N4O2. The second kappa shape index (κ2) is 5.24. The summed E-state index contributed by atoms with van der Waals surface area (Å²) in [4.78, 5) is 22.9. The van der Waals surface area contributed by atoms with Gasteiger partial charge in [-0.15, -0.1) is 5.10 Å². The van der Waals surface area contributed by atoms with Gasteiger partial charge in [0.15, 0.2) is 0 Å². The lowest BCUT2D eigenvalue weighted by molar-refractivity contribution is -0.136. The molecule has 0 aliphatic carbocycles. The molecule has 3 rings (SSSR count). The maximum Gasteiger partial charge on any atom is 0.251 e. The first-order chi connectivity index (χ1) is 9.72. The molecule has 1 aliphatic heterocycles. The molecule has 1 N–H and O–H groups in total. The van der Waals surface area contributed by atoms with E-state index in [-0.39, 0.29) is 11.8 Å². The zero-order valence-corrected chi connectivity index (χ0v) is 10.8. The van der Waals surface area contributed by atoms with E-state index < -0.39 is 6.04 Å². The van der Waals surface area contributed by atoms with Crippen LogP contribution < -0.4 is 5.32 Å². The molecule has 0 spiro atoms. The Bertz CT molecular complexity index is 636. The number of imide groups is 1. The average Bonchev–Trinajstić information content (AvgIpc) is 2.88. The van der Waals surface area contributed by atoms with Crippen LogP contribution in [0.1, 0.15) is 30.1 Å². The highest BCUT2D eigenvalue weighted by molar-refractivity contribution is 5.99. The Hall–Kier alpha value is -2.50. The molecule has 2 amide bonds. The molecule has 1 aromatic heterocycles. The number of carbonyl (C=O) groups is 2. The van der Waals surface area contributed by atoms with E-state index in [0.717, 1.165) is 11.3 Å². The lowest BCUT2D eigenvalue weighted by Crippen LogP contribution is -2.41. The van der Waals surface area contributed by atoms with Crippen molar-refractivity contribution in [3.05, 3.63) is 47.8 Å². The van der Waals surface area contributed by atoms with Gasteiger partial charge in [0.1, 0.15) is 6.04 Å². The monoisotopic (exact) mass is 270 g/mol. The van der Waals surface area contributed by atoms with Crippen LogP contribution in [-0.4, -0.2) is 26.8 Å². The lowest BCUT2D eigenvalue weighted by Gasteiger charge is -2.20. The Morgan fingerprint density at radius 2 is 2.05 bits per heavy atom. The summed E-state index contributed by atoms with van der Waals surface area (Å²) in [6, 6.07) is 9.50. The minimum absolute atomic E-state index is 0.226. The van der Waals surface area contributed by atoms with E-state index in [9.17, 15) is 9.59 Å². The van der Waals surface area contributed by atoms with Crippen molar-refractivity contribution >= 4 is 11.8 Å². The number of hydrogen-bond acceptors (Lipinski definition) is 4. The molecule has 6 heteroatoms. The van der Waals surface area contributed by atoms with Crippen molar-refractivity contribution in [1.82, 2.24) is 20.3 Å². The Morgan fingerprint density at radius 1 is 1.25 bits per heavy atom. The molecule has 2 heterocycles. The van der Waals surface area contributed by atoms with Crippen LogP contribution in [0.3, 0.4) is 0 Å². The Morgan fingerprint density at radius 3 is 2.80 bits per heavy atom. The average molecular weight is 270 g/mol. The smallest absolute Gasteiger partial charge is 0.251 e. The summed E-state index contributed by atoms with van der Waals surface area (Å²) in [5, 5.41) is 10.4. The second-order valence-electron chi connectivity index (χ2n) is 4.82. The van der Waals surface area contributed by atoms with Crippen molar-refractivity contribution < 1.29 is 9.59 Å². The van der Waals surface area contributed by atoms with E-state index in [4.69, 9.17) is 0 Å². The zero-order chi connectivity index (χ0) is 13.9. The number of piperidine rings is 1. The molecule has 1 aromatic carbocycles. The number of benzene rings is 1. The van der Waals surface area contributed by atoms with Gasteiger partial charge < -0.3 is 0 Å². The highest BCUT2D eigenvalue weighted by Gasteiger charge is 2.28. The molecular weight excluding hydrogens is 256 g/mol. The van der Waals surface area contributed by atoms with Crippen LogP contribution in [0.5, 0.6) is 0 Å². The van der Waals surface area contributed by atoms with Gasteiger partial charge in [-0.3, -0.25) is 14.9 Å². The summed E-state index contributed by atoms with van der Waals surface area (Å²) in [6.45, 7) is 0. The van der Waals surface area contributed by atoms with Gasteiger partial charge >= 0.3 is 0 Å². The van der Waals surface area contributed by atoms with Crippen molar-refractivity contribution in [2.45, 2.75) is 25.3 Å². The Kier molecular flexibility index (Phi) is 3.28. The number of hydrogen-bond donors (Lipinski definition) is 1. The maximum absolute atomic E-state index is 11.8. The molecule has 1 atom stereocenters. The highest BCUT2D eigenvalue weighted by Crippen LogP contribution is 2.18. The van der Waals surface area contributed by atoms with Crippen molar-refractivity contribution in [1.29, 1.82) is 0 Å². The van der Waals surface area contributed by atoms with Crippen LogP contribution in [0.25, 0.3) is 0 Å². The summed E-state index contributed by atoms with van der Waals surface area (Å²) >= 11 is 0. The first kappa shape index (κ1) is 12.5. The minimum Gasteiger partial charge on any atom is -0.295 e. The van der Waals surface area contributed by atoms with Gasteiger partial charge in [0.05, 0.1) is 5.69 Å². The van der Waals surface area contributed by atoms with Gasteiger partial charge in [-0.05, 0) is 12.0 Å². The van der Waals surface area contributed by atoms with Gasteiger partial charge in [0.2, 0.25) is 5.91 Å². The van der Waals surface area contributed by atoms with Gasteiger partial charge in [0.25, 0.3) is 5.91 Å². The molecule has 0 radical (unpaired) electrons. The van der Waals surface area contributed by atoms with Crippen LogP contribution in [-0.2, 0) is 16.0 Å². The third-order valence-corrected chi connectivity index (χ3v) is 3.32. The van der Waals surface area contributed by atoms with E-state index in [1.54, 1.807) is 10.9 Å². The Labute approximate surface area is 115 Å². The summed E-state index contributed by atoms with van der Waals surface area (Å²) in [7, 11) is 0. The van der Waals surface area contributed by atoms with Gasteiger partial charge in [-0.2, -0.15) is 0 Å². The van der Waals surface area contributed by atoms with E-state index in [1.165, 1.54) is 0 Å². The van der Waals surface area contributed by atoms with Crippen LogP contribution in [0.2, 0.25) is 0 Å². The summed E-state index contributed by atoms with van der Waals surface area (Å²) in [5.74, 6) is -0.534. The first-order valence-corrected chi connectivity index (χ1v) is 6.51. The molecule has 6 nitrogen and oxygen atoms in total. The SMILES string of the molecule is O=C1CCC(n2cc(Cc3ccccc3)nn2)C(=O)N1. The number of nitrogens with zero attached hydrogens (tertiary/aromatic N) is 3. The zero-order valence-electron chi connectivity index (χ0n) is 10.8. The van der Waals surface area contributed by atoms with Crippen molar-refractivity contribution in [3.8, 4) is 0 Å². The molecule has 20 heavy (non-hydrogen) atoms. The minimum atomic E-state index is -0.440. The number of aromatic nitrogens is 3. The fourth-order valence-corrected chi connectivity index (χ4v) is 2.29. The van der Waals surface area contributed by atoms with Crippen molar-refractivity contribution in [2.75, 3.05) is 0 Å². The fraction of sp³-hybridized carbons (Fsp3) is 0.286. The van der Waals surface area contributed by atoms with Crippen LogP contribution >= 0.6 is 0 Å². The van der Waals surface area contributed by atoms with Crippen molar-refractivity contribution in [2.24, 2.45) is 0 Å². The van der Waals surface area contributed by atoms with Crippen LogP contribution in [0.4, 0.5) is 0 Å². The van der Waals surface area contributed by atoms with E-state index in [1.807, 2.05) is 30.3 Å². The Balaban J connectivity index is 1.74. The normalized spacial score (nSPS) is 18.9. The molecule has 2 aromatic rings. The van der Waals surface area contributed by atoms with Gasteiger partial charge in [-0.1, -0.05) is 35.5 Å².